The summed E-state index contributed by atoms with van der Waals surface area (Å²) in [4.78, 5) is 20.6. The summed E-state index contributed by atoms with van der Waals surface area (Å²) in [6.45, 7) is 2.86. The molecule has 136 valence electrons. The van der Waals surface area contributed by atoms with Gasteiger partial charge in [-0.1, -0.05) is 23.7 Å². The summed E-state index contributed by atoms with van der Waals surface area (Å²) in [7, 11) is 0. The van der Waals surface area contributed by atoms with Crippen LogP contribution in [0.3, 0.4) is 0 Å². The van der Waals surface area contributed by atoms with Crippen molar-refractivity contribution in [3.63, 3.8) is 0 Å². The number of pyridine rings is 1. The number of amides is 1. The maximum Gasteiger partial charge on any atom is 0.223 e. The van der Waals surface area contributed by atoms with Gasteiger partial charge in [-0.3, -0.25) is 4.79 Å². The third-order valence-corrected chi connectivity index (χ3v) is 5.81. The topological polar surface area (TPSA) is 36.4 Å². The summed E-state index contributed by atoms with van der Waals surface area (Å²) in [5.74, 6) is 0.345. The molecule has 0 bridgehead atoms. The highest BCUT2D eigenvalue weighted by Crippen LogP contribution is 2.42. The Labute approximate surface area is 157 Å². The van der Waals surface area contributed by atoms with Crippen LogP contribution in [0.15, 0.2) is 42.6 Å². The van der Waals surface area contributed by atoms with Crippen LogP contribution in [0.5, 0.6) is 0 Å². The Morgan fingerprint density at radius 3 is 2.58 bits per heavy atom. The van der Waals surface area contributed by atoms with E-state index < -0.39 is 0 Å². The lowest BCUT2D eigenvalue weighted by molar-refractivity contribution is -0.128. The van der Waals surface area contributed by atoms with Gasteiger partial charge in [0.2, 0.25) is 5.91 Å². The number of rotatable bonds is 3. The molecule has 0 aliphatic carbocycles. The molecule has 0 unspecified atom stereocenters. The minimum Gasteiger partial charge on any atom is -0.354 e. The number of benzene rings is 1. The van der Waals surface area contributed by atoms with Gasteiger partial charge < -0.3 is 9.80 Å². The van der Waals surface area contributed by atoms with Gasteiger partial charge >= 0.3 is 0 Å². The van der Waals surface area contributed by atoms with Crippen molar-refractivity contribution >= 4 is 23.3 Å². The van der Waals surface area contributed by atoms with E-state index in [0.29, 0.717) is 23.8 Å². The van der Waals surface area contributed by atoms with Crippen LogP contribution >= 0.6 is 11.6 Å². The van der Waals surface area contributed by atoms with E-state index in [0.717, 1.165) is 38.0 Å². The van der Waals surface area contributed by atoms with Gasteiger partial charge in [-0.05, 0) is 42.7 Å². The first kappa shape index (κ1) is 17.3. The van der Waals surface area contributed by atoms with E-state index >= 15 is 0 Å². The van der Waals surface area contributed by atoms with Crippen LogP contribution < -0.4 is 4.90 Å². The molecule has 2 aliphatic heterocycles. The summed E-state index contributed by atoms with van der Waals surface area (Å²) >= 11 is 5.93. The number of likely N-dealkylation sites (tertiary alicyclic amines) is 1. The Morgan fingerprint density at radius 2 is 1.88 bits per heavy atom. The highest BCUT2D eigenvalue weighted by Gasteiger charge is 2.45. The van der Waals surface area contributed by atoms with Gasteiger partial charge in [0, 0.05) is 49.2 Å². The van der Waals surface area contributed by atoms with Gasteiger partial charge in [0.05, 0.1) is 0 Å². The largest absolute Gasteiger partial charge is 0.354 e. The highest BCUT2D eigenvalue weighted by atomic mass is 35.5. The van der Waals surface area contributed by atoms with Crippen LogP contribution in [0.25, 0.3) is 0 Å². The van der Waals surface area contributed by atoms with E-state index in [1.165, 1.54) is 6.07 Å². The molecule has 0 atom stereocenters. The minimum absolute atomic E-state index is 0.00522. The molecule has 4 nitrogen and oxygen atoms in total. The number of anilines is 1. The van der Waals surface area contributed by atoms with E-state index in [1.54, 1.807) is 12.3 Å². The predicted molar refractivity (Wildman–Crippen MR) is 99.6 cm³/mol. The van der Waals surface area contributed by atoms with Crippen molar-refractivity contribution in [2.75, 3.05) is 24.5 Å². The predicted octanol–water partition coefficient (Wildman–Crippen LogP) is 3.89. The fourth-order valence-electron chi connectivity index (χ4n) is 4.07. The maximum absolute atomic E-state index is 14.0. The van der Waals surface area contributed by atoms with Gasteiger partial charge in [-0.25, -0.2) is 9.37 Å². The van der Waals surface area contributed by atoms with Gasteiger partial charge in [0.1, 0.15) is 0 Å². The van der Waals surface area contributed by atoms with Crippen molar-refractivity contribution in [2.24, 2.45) is 5.41 Å². The lowest BCUT2D eigenvalue weighted by Crippen LogP contribution is -2.42. The molecule has 3 heterocycles. The molecule has 2 aliphatic rings. The Kier molecular flexibility index (Phi) is 4.57. The lowest BCUT2D eigenvalue weighted by Gasteiger charge is -2.39. The van der Waals surface area contributed by atoms with Crippen molar-refractivity contribution in [1.82, 2.24) is 9.88 Å². The molecule has 1 aromatic heterocycles. The van der Waals surface area contributed by atoms with E-state index in [9.17, 15) is 9.18 Å². The second kappa shape index (κ2) is 6.88. The SMILES string of the molecule is O=C1CC2(CCN(c3ncccc3F)CC2)CN1Cc1ccc(Cl)cc1. The zero-order valence-corrected chi connectivity index (χ0v) is 15.3. The van der Waals surface area contributed by atoms with Crippen LogP contribution in [0.2, 0.25) is 5.02 Å². The summed E-state index contributed by atoms with van der Waals surface area (Å²) in [6.07, 6.45) is 3.96. The van der Waals surface area contributed by atoms with Gasteiger partial charge in [-0.2, -0.15) is 0 Å². The molecule has 2 aromatic rings. The average Bonchev–Trinajstić information content (AvgIpc) is 2.93. The van der Waals surface area contributed by atoms with Crippen molar-refractivity contribution in [2.45, 2.75) is 25.8 Å². The zero-order valence-electron chi connectivity index (χ0n) is 14.5. The third kappa shape index (κ3) is 3.40. The van der Waals surface area contributed by atoms with Crippen molar-refractivity contribution in [3.8, 4) is 0 Å². The van der Waals surface area contributed by atoms with Crippen LogP contribution in [0, 0.1) is 11.2 Å². The van der Waals surface area contributed by atoms with Crippen molar-refractivity contribution in [1.29, 1.82) is 0 Å². The van der Waals surface area contributed by atoms with Gasteiger partial charge in [-0.15, -0.1) is 0 Å². The summed E-state index contributed by atoms with van der Waals surface area (Å²) < 4.78 is 14.0. The number of aromatic nitrogens is 1. The normalized spacial score (nSPS) is 19.4. The molecule has 0 saturated carbocycles. The maximum atomic E-state index is 14.0. The third-order valence-electron chi connectivity index (χ3n) is 5.55. The quantitative estimate of drug-likeness (QED) is 0.818. The Balaban J connectivity index is 1.41. The number of carbonyl (C=O) groups excluding carboxylic acids is 1. The summed E-state index contributed by atoms with van der Waals surface area (Å²) in [5.41, 5.74) is 1.10. The molecule has 0 radical (unpaired) electrons. The molecular weight excluding hydrogens is 353 g/mol. The van der Waals surface area contributed by atoms with Crippen LogP contribution in [-0.4, -0.2) is 35.4 Å². The Bertz CT molecular complexity index is 803. The first-order valence-electron chi connectivity index (χ1n) is 8.92. The number of hydrogen-bond acceptors (Lipinski definition) is 3. The fourth-order valence-corrected chi connectivity index (χ4v) is 4.20. The molecule has 1 spiro atoms. The summed E-state index contributed by atoms with van der Waals surface area (Å²) in [6, 6.07) is 10.7. The van der Waals surface area contributed by atoms with Gasteiger partial charge in [0.15, 0.2) is 11.6 Å². The summed E-state index contributed by atoms with van der Waals surface area (Å²) in [5, 5.41) is 0.701. The standard InChI is InChI=1S/C20H21ClFN3O/c21-16-5-3-15(4-6-16)13-25-14-20(12-18(25)26)7-10-24(11-8-20)19-17(22)2-1-9-23-19/h1-6,9H,7-8,10-14H2. The first-order valence-corrected chi connectivity index (χ1v) is 9.30. The minimum atomic E-state index is -0.282. The second-order valence-electron chi connectivity index (χ2n) is 7.35. The van der Waals surface area contributed by atoms with E-state index in [4.69, 9.17) is 11.6 Å². The monoisotopic (exact) mass is 373 g/mol. The molecule has 26 heavy (non-hydrogen) atoms. The van der Waals surface area contributed by atoms with Crippen LogP contribution in [-0.2, 0) is 11.3 Å². The number of halogens is 2. The van der Waals surface area contributed by atoms with Crippen molar-refractivity contribution in [3.05, 3.63) is 59.0 Å². The molecule has 6 heteroatoms. The van der Waals surface area contributed by atoms with Gasteiger partial charge in [0.25, 0.3) is 0 Å². The first-order chi connectivity index (χ1) is 12.5. The molecular formula is C20H21ClFN3O. The van der Waals surface area contributed by atoms with Crippen LogP contribution in [0.4, 0.5) is 10.2 Å². The number of hydrogen-bond donors (Lipinski definition) is 0. The average molecular weight is 374 g/mol. The highest BCUT2D eigenvalue weighted by molar-refractivity contribution is 6.30. The Hall–Kier alpha value is -2.14. The van der Waals surface area contributed by atoms with E-state index in [-0.39, 0.29) is 17.1 Å². The molecule has 2 fully saturated rings. The Morgan fingerprint density at radius 1 is 1.15 bits per heavy atom. The molecule has 1 aromatic carbocycles. The van der Waals surface area contributed by atoms with E-state index in [2.05, 4.69) is 4.98 Å². The van der Waals surface area contributed by atoms with E-state index in [1.807, 2.05) is 34.1 Å². The number of nitrogens with zero attached hydrogens (tertiary/aromatic N) is 3. The molecule has 2 saturated heterocycles. The molecule has 4 rings (SSSR count). The van der Waals surface area contributed by atoms with Crippen LogP contribution in [0.1, 0.15) is 24.8 Å². The lowest BCUT2D eigenvalue weighted by atomic mass is 9.77. The smallest absolute Gasteiger partial charge is 0.223 e. The molecule has 1 amide bonds. The zero-order chi connectivity index (χ0) is 18.1. The molecule has 0 N–H and O–H groups in total. The second-order valence-corrected chi connectivity index (χ2v) is 7.79. The van der Waals surface area contributed by atoms with Crippen molar-refractivity contribution < 1.29 is 9.18 Å². The number of piperidine rings is 1. The number of carbonyl (C=O) groups is 1. The fraction of sp³-hybridized carbons (Fsp3) is 0.400.